The van der Waals surface area contributed by atoms with Gasteiger partial charge in [-0.25, -0.2) is 0 Å². The fourth-order valence-corrected chi connectivity index (χ4v) is 2.17. The second-order valence-corrected chi connectivity index (χ2v) is 6.84. The van der Waals surface area contributed by atoms with Crippen LogP contribution in [-0.4, -0.2) is 16.3 Å². The second kappa shape index (κ2) is 6.69. The standard InChI is InChI=1S/C16H14Cl3NO/c1-11-8-9-12(14-7-3-2-6-13(11)14)5-4-10-21-15(20)16(17,18)19/h2-9,20H,10H2,1H3/b5-4+,20-15?. The van der Waals surface area contributed by atoms with Crippen LogP contribution in [0.3, 0.4) is 0 Å². The van der Waals surface area contributed by atoms with Gasteiger partial charge in [0.05, 0.1) is 0 Å². The Balaban J connectivity index is 2.12. The normalized spacial score (nSPS) is 12.0. The number of nitrogens with one attached hydrogen (secondary N) is 1. The SMILES string of the molecule is Cc1ccc(/C=C/COC(=N)C(Cl)(Cl)Cl)c2ccccc12. The van der Waals surface area contributed by atoms with Crippen molar-refractivity contribution >= 4 is 57.5 Å². The smallest absolute Gasteiger partial charge is 0.265 e. The summed E-state index contributed by atoms with van der Waals surface area (Å²) < 4.78 is 3.25. The number of rotatable bonds is 3. The van der Waals surface area contributed by atoms with Crippen LogP contribution in [0.2, 0.25) is 0 Å². The average Bonchev–Trinajstić information content (AvgIpc) is 2.44. The first-order chi connectivity index (χ1) is 9.89. The van der Waals surface area contributed by atoms with Gasteiger partial charge in [0.1, 0.15) is 6.61 Å². The monoisotopic (exact) mass is 341 g/mol. The minimum absolute atomic E-state index is 0.176. The molecule has 0 bridgehead atoms. The van der Waals surface area contributed by atoms with Gasteiger partial charge < -0.3 is 4.74 Å². The molecule has 2 aromatic carbocycles. The van der Waals surface area contributed by atoms with Crippen LogP contribution < -0.4 is 0 Å². The highest BCUT2D eigenvalue weighted by atomic mass is 35.6. The molecule has 0 unspecified atom stereocenters. The molecular weight excluding hydrogens is 329 g/mol. The Morgan fingerprint density at radius 3 is 2.48 bits per heavy atom. The zero-order valence-electron chi connectivity index (χ0n) is 11.4. The fourth-order valence-electron chi connectivity index (χ4n) is 2.01. The molecule has 5 heteroatoms. The number of benzene rings is 2. The van der Waals surface area contributed by atoms with Crippen molar-refractivity contribution in [1.29, 1.82) is 5.41 Å². The van der Waals surface area contributed by atoms with Crippen molar-refractivity contribution in [2.24, 2.45) is 0 Å². The number of ether oxygens (including phenoxy) is 1. The zero-order valence-corrected chi connectivity index (χ0v) is 13.6. The van der Waals surface area contributed by atoms with Gasteiger partial charge in [-0.2, -0.15) is 0 Å². The first-order valence-corrected chi connectivity index (χ1v) is 7.46. The lowest BCUT2D eigenvalue weighted by atomic mass is 10.0. The van der Waals surface area contributed by atoms with Crippen LogP contribution in [-0.2, 0) is 4.74 Å². The molecule has 2 aromatic rings. The first kappa shape index (κ1) is 16.2. The number of hydrogen-bond acceptors (Lipinski definition) is 2. The number of aryl methyl sites for hydroxylation is 1. The van der Waals surface area contributed by atoms with Crippen molar-refractivity contribution in [3.05, 3.63) is 53.6 Å². The van der Waals surface area contributed by atoms with Crippen LogP contribution in [0.15, 0.2) is 42.5 Å². The molecule has 0 spiro atoms. The highest BCUT2D eigenvalue weighted by Crippen LogP contribution is 2.27. The molecule has 1 N–H and O–H groups in total. The molecule has 0 heterocycles. The summed E-state index contributed by atoms with van der Waals surface area (Å²) in [7, 11) is 0. The molecule has 0 amide bonds. The minimum Gasteiger partial charge on any atom is -0.474 e. The third-order valence-electron chi connectivity index (χ3n) is 3.05. The molecule has 0 aliphatic rings. The molecule has 0 atom stereocenters. The lowest BCUT2D eigenvalue weighted by Crippen LogP contribution is -2.21. The number of hydrogen-bond donors (Lipinski definition) is 1. The molecule has 0 fully saturated rings. The van der Waals surface area contributed by atoms with E-state index in [9.17, 15) is 0 Å². The largest absolute Gasteiger partial charge is 0.474 e. The molecule has 0 aliphatic heterocycles. The van der Waals surface area contributed by atoms with Crippen LogP contribution in [0.4, 0.5) is 0 Å². The summed E-state index contributed by atoms with van der Waals surface area (Å²) in [6.07, 6.45) is 3.73. The molecule has 110 valence electrons. The Hall–Kier alpha value is -1.22. The summed E-state index contributed by atoms with van der Waals surface area (Å²) >= 11 is 16.6. The molecule has 21 heavy (non-hydrogen) atoms. The predicted molar refractivity (Wildman–Crippen MR) is 91.7 cm³/mol. The summed E-state index contributed by atoms with van der Waals surface area (Å²) in [4.78, 5) is 0. The van der Waals surface area contributed by atoms with E-state index in [0.29, 0.717) is 0 Å². The van der Waals surface area contributed by atoms with Crippen molar-refractivity contribution in [2.75, 3.05) is 6.61 Å². The molecule has 0 saturated heterocycles. The lowest BCUT2D eigenvalue weighted by Gasteiger charge is -2.12. The maximum Gasteiger partial charge on any atom is 0.265 e. The van der Waals surface area contributed by atoms with Gasteiger partial charge in [-0.1, -0.05) is 77.3 Å². The van der Waals surface area contributed by atoms with Crippen molar-refractivity contribution in [3.63, 3.8) is 0 Å². The molecule has 0 aliphatic carbocycles. The van der Waals surface area contributed by atoms with E-state index in [1.165, 1.54) is 16.3 Å². The number of halogens is 3. The Morgan fingerprint density at radius 2 is 1.81 bits per heavy atom. The average molecular weight is 343 g/mol. The lowest BCUT2D eigenvalue weighted by molar-refractivity contribution is 0.341. The summed E-state index contributed by atoms with van der Waals surface area (Å²) in [5, 5.41) is 9.82. The van der Waals surface area contributed by atoms with Gasteiger partial charge in [-0.05, 0) is 34.9 Å². The van der Waals surface area contributed by atoms with Crippen molar-refractivity contribution < 1.29 is 4.74 Å². The Morgan fingerprint density at radius 1 is 1.14 bits per heavy atom. The van der Waals surface area contributed by atoms with E-state index < -0.39 is 3.79 Å². The Bertz CT molecular complexity index is 689. The minimum atomic E-state index is -1.82. The van der Waals surface area contributed by atoms with Gasteiger partial charge in [0.2, 0.25) is 5.90 Å². The van der Waals surface area contributed by atoms with Gasteiger partial charge in [0, 0.05) is 0 Å². The summed E-state index contributed by atoms with van der Waals surface area (Å²) in [6, 6.07) is 12.3. The van der Waals surface area contributed by atoms with Gasteiger partial charge >= 0.3 is 0 Å². The van der Waals surface area contributed by atoms with Gasteiger partial charge in [-0.3, -0.25) is 5.41 Å². The highest BCUT2D eigenvalue weighted by Gasteiger charge is 2.28. The fraction of sp³-hybridized carbons (Fsp3) is 0.188. The van der Waals surface area contributed by atoms with E-state index >= 15 is 0 Å². The van der Waals surface area contributed by atoms with Gasteiger partial charge in [-0.15, -0.1) is 0 Å². The first-order valence-electron chi connectivity index (χ1n) is 6.33. The topological polar surface area (TPSA) is 33.1 Å². The molecule has 2 rings (SSSR count). The van der Waals surface area contributed by atoms with E-state index in [1.54, 1.807) is 6.08 Å². The maximum atomic E-state index is 7.43. The van der Waals surface area contributed by atoms with Gasteiger partial charge in [0.25, 0.3) is 3.79 Å². The predicted octanol–water partition coefficient (Wildman–Crippen LogP) is 5.53. The van der Waals surface area contributed by atoms with Crippen LogP contribution in [0.1, 0.15) is 11.1 Å². The third-order valence-corrected chi connectivity index (χ3v) is 3.57. The Labute approximate surface area is 138 Å². The van der Waals surface area contributed by atoms with Crippen LogP contribution >= 0.6 is 34.8 Å². The molecule has 0 aromatic heterocycles. The summed E-state index contributed by atoms with van der Waals surface area (Å²) in [6.45, 7) is 2.26. The second-order valence-electron chi connectivity index (χ2n) is 4.56. The molecular formula is C16H14Cl3NO. The van der Waals surface area contributed by atoms with Crippen LogP contribution in [0.25, 0.3) is 16.8 Å². The highest BCUT2D eigenvalue weighted by molar-refractivity contribution is 6.76. The number of fused-ring (bicyclic) bond motifs is 1. The Kier molecular flexibility index (Phi) is 5.15. The van der Waals surface area contributed by atoms with Crippen LogP contribution in [0, 0.1) is 12.3 Å². The van der Waals surface area contributed by atoms with E-state index in [2.05, 4.69) is 31.2 Å². The van der Waals surface area contributed by atoms with E-state index in [1.807, 2.05) is 18.2 Å². The van der Waals surface area contributed by atoms with Crippen molar-refractivity contribution in [3.8, 4) is 0 Å². The summed E-state index contributed by atoms with van der Waals surface area (Å²) in [5.41, 5.74) is 2.32. The van der Waals surface area contributed by atoms with Crippen molar-refractivity contribution in [2.45, 2.75) is 10.7 Å². The molecule has 0 saturated carbocycles. The number of alkyl halides is 3. The van der Waals surface area contributed by atoms with E-state index in [-0.39, 0.29) is 12.5 Å². The van der Waals surface area contributed by atoms with Crippen molar-refractivity contribution in [1.82, 2.24) is 0 Å². The third kappa shape index (κ3) is 4.13. The quantitative estimate of drug-likeness (QED) is 0.444. The van der Waals surface area contributed by atoms with E-state index in [4.69, 9.17) is 44.9 Å². The summed E-state index contributed by atoms with van der Waals surface area (Å²) in [5.74, 6) is -0.383. The molecule has 2 nitrogen and oxygen atoms in total. The van der Waals surface area contributed by atoms with Gasteiger partial charge in [0.15, 0.2) is 0 Å². The molecule has 0 radical (unpaired) electrons. The maximum absolute atomic E-state index is 7.43. The van der Waals surface area contributed by atoms with Crippen LogP contribution in [0.5, 0.6) is 0 Å². The van der Waals surface area contributed by atoms with E-state index in [0.717, 1.165) is 5.56 Å². The zero-order chi connectivity index (χ0) is 15.5.